The molecular formula is C24H24N4O6S. The lowest BCUT2D eigenvalue weighted by molar-refractivity contribution is 0.0458. The van der Waals surface area contributed by atoms with Crippen LogP contribution >= 0.6 is 0 Å². The minimum Gasteiger partial charge on any atom is -0.459 e. The minimum atomic E-state index is -3.60. The normalized spacial score (nSPS) is 11.7. The Kier molecular flexibility index (Phi) is 6.72. The van der Waals surface area contributed by atoms with Gasteiger partial charge in [0.1, 0.15) is 12.4 Å². The standard InChI is InChI=1S/C24H24N4O6S/c1-4-28-20-12-11-18(35(31,32)27(2)3)14-19(20)26-22(28)15-34-24(30)16-7-9-17(10-8-16)25-23(29)21-6-5-13-33-21/h5-14H,4,15H2,1-3H3,(H,25,29). The van der Waals surface area contributed by atoms with Crippen LogP contribution in [-0.2, 0) is 27.9 Å². The van der Waals surface area contributed by atoms with Crippen LogP contribution in [0, 0.1) is 0 Å². The van der Waals surface area contributed by atoms with Crippen molar-refractivity contribution in [2.24, 2.45) is 0 Å². The highest BCUT2D eigenvalue weighted by Gasteiger charge is 2.20. The van der Waals surface area contributed by atoms with Crippen molar-refractivity contribution in [2.45, 2.75) is 25.0 Å². The van der Waals surface area contributed by atoms with E-state index in [9.17, 15) is 18.0 Å². The van der Waals surface area contributed by atoms with E-state index >= 15 is 0 Å². The number of hydrogen-bond donors (Lipinski definition) is 1. The van der Waals surface area contributed by atoms with Crippen LogP contribution < -0.4 is 5.32 Å². The number of carbonyl (C=O) groups excluding carboxylic acids is 2. The number of aromatic nitrogens is 2. The summed E-state index contributed by atoms with van der Waals surface area (Å²) in [5.74, 6) is -0.277. The number of nitrogens with zero attached hydrogens (tertiary/aromatic N) is 3. The van der Waals surface area contributed by atoms with Crippen LogP contribution in [0.4, 0.5) is 5.69 Å². The van der Waals surface area contributed by atoms with Crippen molar-refractivity contribution in [3.63, 3.8) is 0 Å². The lowest BCUT2D eigenvalue weighted by Crippen LogP contribution is -2.22. The third-order valence-corrected chi connectivity index (χ3v) is 7.16. The van der Waals surface area contributed by atoms with Gasteiger partial charge in [-0.2, -0.15) is 0 Å². The van der Waals surface area contributed by atoms with Crippen molar-refractivity contribution >= 4 is 38.6 Å². The summed E-state index contributed by atoms with van der Waals surface area (Å²) in [6.07, 6.45) is 1.41. The second-order valence-corrected chi connectivity index (χ2v) is 9.95. The zero-order chi connectivity index (χ0) is 25.2. The van der Waals surface area contributed by atoms with Gasteiger partial charge >= 0.3 is 5.97 Å². The monoisotopic (exact) mass is 496 g/mol. The molecule has 35 heavy (non-hydrogen) atoms. The van der Waals surface area contributed by atoms with Gasteiger partial charge in [-0.05, 0) is 61.5 Å². The molecule has 0 spiro atoms. The fourth-order valence-corrected chi connectivity index (χ4v) is 4.42. The molecule has 1 amide bonds. The summed E-state index contributed by atoms with van der Waals surface area (Å²) >= 11 is 0. The van der Waals surface area contributed by atoms with E-state index in [0.29, 0.717) is 29.1 Å². The molecule has 0 unspecified atom stereocenters. The molecule has 2 aromatic carbocycles. The van der Waals surface area contributed by atoms with Gasteiger partial charge in [-0.1, -0.05) is 0 Å². The number of imidazole rings is 1. The van der Waals surface area contributed by atoms with Gasteiger partial charge in [0.05, 0.1) is 27.8 Å². The largest absolute Gasteiger partial charge is 0.459 e. The summed E-state index contributed by atoms with van der Waals surface area (Å²) in [6.45, 7) is 2.40. The van der Waals surface area contributed by atoms with Gasteiger partial charge in [0.25, 0.3) is 5.91 Å². The average molecular weight is 497 g/mol. The van der Waals surface area contributed by atoms with Gasteiger partial charge in [0, 0.05) is 26.3 Å². The van der Waals surface area contributed by atoms with Crippen LogP contribution in [0.2, 0.25) is 0 Å². The van der Waals surface area contributed by atoms with E-state index < -0.39 is 21.9 Å². The Bertz CT molecular complexity index is 1470. The fourth-order valence-electron chi connectivity index (χ4n) is 3.50. The minimum absolute atomic E-state index is 0.0892. The van der Waals surface area contributed by atoms with E-state index in [2.05, 4.69) is 10.3 Å². The number of ether oxygens (including phenoxy) is 1. The number of sulfonamides is 1. The van der Waals surface area contributed by atoms with Crippen LogP contribution in [-0.4, -0.2) is 48.2 Å². The number of furan rings is 1. The van der Waals surface area contributed by atoms with Crippen molar-refractivity contribution in [1.82, 2.24) is 13.9 Å². The smallest absolute Gasteiger partial charge is 0.338 e. The second kappa shape index (κ2) is 9.72. The maximum atomic E-state index is 12.6. The summed E-state index contributed by atoms with van der Waals surface area (Å²) in [7, 11) is -0.663. The Hall–Kier alpha value is -3.96. The van der Waals surface area contributed by atoms with Gasteiger partial charge in [-0.15, -0.1) is 0 Å². The number of esters is 1. The Morgan fingerprint density at radius 1 is 1.11 bits per heavy atom. The molecule has 0 aliphatic heterocycles. The van der Waals surface area contributed by atoms with Crippen molar-refractivity contribution in [2.75, 3.05) is 19.4 Å². The first-order valence-electron chi connectivity index (χ1n) is 10.7. The van der Waals surface area contributed by atoms with Crippen LogP contribution in [0.5, 0.6) is 0 Å². The van der Waals surface area contributed by atoms with Crippen LogP contribution in [0.1, 0.15) is 33.7 Å². The van der Waals surface area contributed by atoms with Crippen molar-refractivity contribution in [3.8, 4) is 0 Å². The van der Waals surface area contributed by atoms with Gasteiger partial charge < -0.3 is 19.0 Å². The van der Waals surface area contributed by atoms with Gasteiger partial charge in [-0.3, -0.25) is 4.79 Å². The van der Waals surface area contributed by atoms with E-state index in [1.165, 1.54) is 32.5 Å². The number of aryl methyl sites for hydroxylation is 1. The van der Waals surface area contributed by atoms with Crippen LogP contribution in [0.25, 0.3) is 11.0 Å². The number of hydrogen-bond acceptors (Lipinski definition) is 7. The molecule has 0 bridgehead atoms. The number of nitrogens with one attached hydrogen (secondary N) is 1. The van der Waals surface area contributed by atoms with Gasteiger partial charge in [-0.25, -0.2) is 22.5 Å². The lowest BCUT2D eigenvalue weighted by Gasteiger charge is -2.11. The molecule has 0 saturated heterocycles. The lowest BCUT2D eigenvalue weighted by atomic mass is 10.2. The van der Waals surface area contributed by atoms with Gasteiger partial charge in [0.2, 0.25) is 10.0 Å². The fraction of sp³-hybridized carbons (Fsp3) is 0.208. The predicted octanol–water partition coefficient (Wildman–Crippen LogP) is 3.51. The number of carbonyl (C=O) groups is 2. The molecule has 2 aromatic heterocycles. The Morgan fingerprint density at radius 3 is 2.49 bits per heavy atom. The predicted molar refractivity (Wildman–Crippen MR) is 129 cm³/mol. The highest BCUT2D eigenvalue weighted by molar-refractivity contribution is 7.89. The van der Waals surface area contributed by atoms with Gasteiger partial charge in [0.15, 0.2) is 5.76 Å². The summed E-state index contributed by atoms with van der Waals surface area (Å²) in [5.41, 5.74) is 2.05. The molecule has 4 aromatic rings. The third kappa shape index (κ3) is 4.96. The molecule has 4 rings (SSSR count). The van der Waals surface area contributed by atoms with E-state index in [4.69, 9.17) is 9.15 Å². The van der Waals surface area contributed by atoms with Crippen molar-refractivity contribution < 1.29 is 27.2 Å². The quantitative estimate of drug-likeness (QED) is 0.370. The van der Waals surface area contributed by atoms with Crippen molar-refractivity contribution in [1.29, 1.82) is 0 Å². The average Bonchev–Trinajstić information content (AvgIpc) is 3.50. The second-order valence-electron chi connectivity index (χ2n) is 7.80. The number of amides is 1. The highest BCUT2D eigenvalue weighted by Crippen LogP contribution is 2.23. The van der Waals surface area contributed by atoms with Crippen LogP contribution in [0.15, 0.2) is 70.2 Å². The molecular weight excluding hydrogens is 472 g/mol. The summed E-state index contributed by atoms with van der Waals surface area (Å²) in [6, 6.07) is 14.2. The van der Waals surface area contributed by atoms with Crippen molar-refractivity contribution in [3.05, 3.63) is 78.0 Å². The molecule has 1 N–H and O–H groups in total. The maximum Gasteiger partial charge on any atom is 0.338 e. The van der Waals surface area contributed by atoms with E-state index in [1.807, 2.05) is 11.5 Å². The third-order valence-electron chi connectivity index (χ3n) is 5.35. The Morgan fingerprint density at radius 2 is 1.86 bits per heavy atom. The Labute approximate surface area is 202 Å². The highest BCUT2D eigenvalue weighted by atomic mass is 32.2. The molecule has 0 saturated carbocycles. The molecule has 0 radical (unpaired) electrons. The van der Waals surface area contributed by atoms with E-state index in [1.54, 1.807) is 42.5 Å². The molecule has 0 aliphatic rings. The van der Waals surface area contributed by atoms with E-state index in [0.717, 1.165) is 9.82 Å². The molecule has 0 aliphatic carbocycles. The maximum absolute atomic E-state index is 12.6. The first-order chi connectivity index (χ1) is 16.7. The number of fused-ring (bicyclic) bond motifs is 1. The van der Waals surface area contributed by atoms with Crippen LogP contribution in [0.3, 0.4) is 0 Å². The molecule has 0 fully saturated rings. The zero-order valence-corrected chi connectivity index (χ0v) is 20.2. The molecule has 10 nitrogen and oxygen atoms in total. The summed E-state index contributed by atoms with van der Waals surface area (Å²) < 4.78 is 38.4. The number of benzene rings is 2. The summed E-state index contributed by atoms with van der Waals surface area (Å²) in [5, 5.41) is 2.68. The Balaban J connectivity index is 1.46. The summed E-state index contributed by atoms with van der Waals surface area (Å²) in [4.78, 5) is 29.3. The topological polar surface area (TPSA) is 124 Å². The first kappa shape index (κ1) is 24.2. The SMILES string of the molecule is CCn1c(COC(=O)c2ccc(NC(=O)c3ccco3)cc2)nc2cc(S(=O)(=O)N(C)C)ccc21. The number of anilines is 1. The first-order valence-corrected chi connectivity index (χ1v) is 12.2. The molecule has 2 heterocycles. The molecule has 182 valence electrons. The number of rotatable bonds is 8. The van der Waals surface area contributed by atoms with E-state index in [-0.39, 0.29) is 17.3 Å². The molecule has 11 heteroatoms. The molecule has 0 atom stereocenters. The zero-order valence-electron chi connectivity index (χ0n) is 19.4.